The molecule has 0 saturated heterocycles. The molecule has 0 amide bonds. The third-order valence-corrected chi connectivity index (χ3v) is 5.06. The summed E-state index contributed by atoms with van der Waals surface area (Å²) in [5.41, 5.74) is 3.41. The van der Waals surface area contributed by atoms with E-state index in [1.54, 1.807) is 20.3 Å². The number of aliphatic hydroxyl groups is 1. The lowest BCUT2D eigenvalue weighted by atomic mass is 9.88. The minimum Gasteiger partial charge on any atom is -0.492 e. The summed E-state index contributed by atoms with van der Waals surface area (Å²) >= 11 is 0. The first-order valence-electron chi connectivity index (χ1n) is 9.67. The summed E-state index contributed by atoms with van der Waals surface area (Å²) in [5, 5.41) is 14.1. The predicted molar refractivity (Wildman–Crippen MR) is 112 cm³/mol. The van der Waals surface area contributed by atoms with Gasteiger partial charge in [0.25, 0.3) is 0 Å². The number of hydrogen-bond donors (Lipinski definition) is 2. The summed E-state index contributed by atoms with van der Waals surface area (Å²) in [4.78, 5) is 0. The fourth-order valence-corrected chi connectivity index (χ4v) is 3.76. The lowest BCUT2D eigenvalue weighted by molar-refractivity contribution is 0.0800. The van der Waals surface area contributed by atoms with Crippen molar-refractivity contribution in [3.05, 3.63) is 65.2 Å². The number of nitrogens with one attached hydrogen (secondary N) is 1. The molecule has 1 aliphatic heterocycles. The number of hydrogen-bond acceptors (Lipinski definition) is 6. The topological polar surface area (TPSA) is 69.2 Å². The molecule has 6 heteroatoms. The molecular formula is C23H29NO5. The normalized spacial score (nSPS) is 18.1. The van der Waals surface area contributed by atoms with Gasteiger partial charge in [-0.05, 0) is 12.5 Å². The first kappa shape index (κ1) is 21.2. The van der Waals surface area contributed by atoms with E-state index in [1.807, 2.05) is 37.3 Å². The van der Waals surface area contributed by atoms with Crippen molar-refractivity contribution in [2.24, 2.45) is 0 Å². The highest BCUT2D eigenvalue weighted by Gasteiger charge is 2.36. The van der Waals surface area contributed by atoms with Crippen molar-refractivity contribution in [3.63, 3.8) is 0 Å². The van der Waals surface area contributed by atoms with E-state index in [4.69, 9.17) is 18.9 Å². The molecule has 6 nitrogen and oxygen atoms in total. The van der Waals surface area contributed by atoms with Crippen molar-refractivity contribution in [2.75, 3.05) is 34.0 Å². The third kappa shape index (κ3) is 4.40. The van der Waals surface area contributed by atoms with Gasteiger partial charge in [-0.1, -0.05) is 43.0 Å². The minimum absolute atomic E-state index is 0.173. The van der Waals surface area contributed by atoms with Gasteiger partial charge < -0.3 is 29.4 Å². The zero-order chi connectivity index (χ0) is 20.8. The Morgan fingerprint density at radius 3 is 2.48 bits per heavy atom. The monoisotopic (exact) mass is 399 g/mol. The molecule has 0 spiro atoms. The highest BCUT2D eigenvalue weighted by atomic mass is 16.5. The molecule has 0 bridgehead atoms. The van der Waals surface area contributed by atoms with Crippen molar-refractivity contribution in [2.45, 2.75) is 25.7 Å². The summed E-state index contributed by atoms with van der Waals surface area (Å²) in [7, 11) is 3.20. The molecule has 1 aliphatic rings. The zero-order valence-corrected chi connectivity index (χ0v) is 17.2. The highest BCUT2D eigenvalue weighted by molar-refractivity contribution is 5.65. The van der Waals surface area contributed by atoms with E-state index in [0.29, 0.717) is 49.2 Å². The first-order chi connectivity index (χ1) is 14.1. The fourth-order valence-electron chi connectivity index (χ4n) is 3.76. The van der Waals surface area contributed by atoms with Crippen LogP contribution in [0.3, 0.4) is 0 Å². The number of methoxy groups -OCH3 is 2. The number of fused-ring (bicyclic) bond motifs is 1. The van der Waals surface area contributed by atoms with Crippen LogP contribution in [0.1, 0.15) is 34.4 Å². The Kier molecular flexibility index (Phi) is 7.14. The van der Waals surface area contributed by atoms with Gasteiger partial charge in [0.1, 0.15) is 12.4 Å². The Morgan fingerprint density at radius 1 is 1.10 bits per heavy atom. The molecule has 2 atom stereocenters. The van der Waals surface area contributed by atoms with E-state index < -0.39 is 6.10 Å². The quantitative estimate of drug-likeness (QED) is 0.630. The Bertz CT molecular complexity index is 837. The number of β-amino-alcohol motifs (C(OH)–C–C–N with tert-alkyl or cyclic N) is 1. The summed E-state index contributed by atoms with van der Waals surface area (Å²) < 4.78 is 23.3. The largest absolute Gasteiger partial charge is 0.492 e. The molecule has 0 aliphatic carbocycles. The van der Waals surface area contributed by atoms with Gasteiger partial charge in [0.15, 0.2) is 11.5 Å². The van der Waals surface area contributed by atoms with Crippen molar-refractivity contribution >= 4 is 0 Å². The van der Waals surface area contributed by atoms with Crippen LogP contribution in [0.2, 0.25) is 0 Å². The summed E-state index contributed by atoms with van der Waals surface area (Å²) in [5.74, 6) is 1.79. The molecule has 0 fully saturated rings. The van der Waals surface area contributed by atoms with Crippen LogP contribution < -0.4 is 19.5 Å². The van der Waals surface area contributed by atoms with Gasteiger partial charge in [0.05, 0.1) is 39.6 Å². The SMILES string of the molecule is C=CCOc1c(C)c(OC)c(OC)c2c1C(O)CN[C@H]2COCc1ccccc1. The molecule has 29 heavy (non-hydrogen) atoms. The Balaban J connectivity index is 1.97. The van der Waals surface area contributed by atoms with Gasteiger partial charge in [0.2, 0.25) is 0 Å². The van der Waals surface area contributed by atoms with Crippen LogP contribution in [0, 0.1) is 6.92 Å². The van der Waals surface area contributed by atoms with Crippen LogP contribution in [0.25, 0.3) is 0 Å². The summed E-state index contributed by atoms with van der Waals surface area (Å²) in [6.07, 6.45) is 0.949. The Morgan fingerprint density at radius 2 is 1.83 bits per heavy atom. The lowest BCUT2D eigenvalue weighted by Gasteiger charge is -2.34. The van der Waals surface area contributed by atoms with Crippen LogP contribution >= 0.6 is 0 Å². The minimum atomic E-state index is -0.728. The van der Waals surface area contributed by atoms with Gasteiger partial charge in [-0.25, -0.2) is 0 Å². The van der Waals surface area contributed by atoms with Gasteiger partial charge in [0, 0.05) is 23.2 Å². The molecule has 3 rings (SSSR count). The lowest BCUT2D eigenvalue weighted by Crippen LogP contribution is -2.36. The molecule has 1 unspecified atom stereocenters. The van der Waals surface area contributed by atoms with Crippen LogP contribution in [0.5, 0.6) is 17.2 Å². The average molecular weight is 399 g/mol. The second-order valence-electron chi connectivity index (χ2n) is 6.93. The van der Waals surface area contributed by atoms with Crippen LogP contribution in [-0.4, -0.2) is 39.1 Å². The zero-order valence-electron chi connectivity index (χ0n) is 17.2. The van der Waals surface area contributed by atoms with E-state index >= 15 is 0 Å². The average Bonchev–Trinajstić information content (AvgIpc) is 2.74. The van der Waals surface area contributed by atoms with Crippen LogP contribution in [0.4, 0.5) is 0 Å². The van der Waals surface area contributed by atoms with Crippen molar-refractivity contribution in [3.8, 4) is 17.2 Å². The van der Waals surface area contributed by atoms with Crippen LogP contribution in [0.15, 0.2) is 43.0 Å². The van der Waals surface area contributed by atoms with E-state index in [-0.39, 0.29) is 6.04 Å². The van der Waals surface area contributed by atoms with Crippen molar-refractivity contribution < 1.29 is 24.1 Å². The van der Waals surface area contributed by atoms with E-state index in [1.165, 1.54) is 0 Å². The highest BCUT2D eigenvalue weighted by Crippen LogP contribution is 2.50. The smallest absolute Gasteiger partial charge is 0.167 e. The predicted octanol–water partition coefficient (Wildman–Crippen LogP) is 3.47. The Hall–Kier alpha value is -2.54. The van der Waals surface area contributed by atoms with E-state index in [2.05, 4.69) is 11.9 Å². The molecule has 0 radical (unpaired) electrons. The molecule has 2 aromatic carbocycles. The fraction of sp³-hybridized carbons (Fsp3) is 0.391. The van der Waals surface area contributed by atoms with Crippen LogP contribution in [-0.2, 0) is 11.3 Å². The molecule has 0 aromatic heterocycles. The number of rotatable bonds is 9. The van der Waals surface area contributed by atoms with Gasteiger partial charge in [-0.2, -0.15) is 0 Å². The summed E-state index contributed by atoms with van der Waals surface area (Å²) in [6, 6.07) is 9.84. The first-order valence-corrected chi connectivity index (χ1v) is 9.67. The van der Waals surface area contributed by atoms with E-state index in [9.17, 15) is 5.11 Å². The summed E-state index contributed by atoms with van der Waals surface area (Å²) in [6.45, 7) is 7.26. The molecule has 2 aromatic rings. The number of benzene rings is 2. The molecule has 1 heterocycles. The second-order valence-corrected chi connectivity index (χ2v) is 6.93. The number of aliphatic hydroxyl groups excluding tert-OH is 1. The standard InChI is InChI=1S/C23H29NO5/c1-5-11-29-21-15(2)22(26-3)23(27-4)19-17(24-12-18(25)20(19)21)14-28-13-16-9-7-6-8-10-16/h5-10,17-18,24-25H,1,11-14H2,2-4H3/t17-,18?/m0/s1. The third-order valence-electron chi connectivity index (χ3n) is 5.06. The van der Waals surface area contributed by atoms with E-state index in [0.717, 1.165) is 16.7 Å². The molecular weight excluding hydrogens is 370 g/mol. The van der Waals surface area contributed by atoms with Crippen molar-refractivity contribution in [1.82, 2.24) is 5.32 Å². The maximum Gasteiger partial charge on any atom is 0.167 e. The van der Waals surface area contributed by atoms with Gasteiger partial charge >= 0.3 is 0 Å². The van der Waals surface area contributed by atoms with Crippen molar-refractivity contribution in [1.29, 1.82) is 0 Å². The maximum atomic E-state index is 10.8. The Labute approximate surface area is 172 Å². The molecule has 156 valence electrons. The maximum absolute atomic E-state index is 10.8. The molecule has 2 N–H and O–H groups in total. The molecule has 0 saturated carbocycles. The van der Waals surface area contributed by atoms with Gasteiger partial charge in [-0.15, -0.1) is 0 Å². The number of ether oxygens (including phenoxy) is 4. The van der Waals surface area contributed by atoms with Gasteiger partial charge in [-0.3, -0.25) is 0 Å². The second kappa shape index (κ2) is 9.78.